The highest BCUT2D eigenvalue weighted by Gasteiger charge is 2.45. The Labute approximate surface area is 140 Å². The highest BCUT2D eigenvalue weighted by atomic mass is 19.1. The first-order valence-corrected chi connectivity index (χ1v) is 8.13. The van der Waals surface area contributed by atoms with Gasteiger partial charge in [-0.25, -0.2) is 14.2 Å². The number of hydrogen-bond donors (Lipinski definition) is 2. The number of amides is 1. The second-order valence-electron chi connectivity index (χ2n) is 7.43. The standard InChI is InChI=1S/C16H24FN5O2/c1-16(2,3)24-15(23)22-9-4-5-10(22)8-21(7-9)13-11(17)6-20-14(19)12(13)18/h6,9-10H,4-5,7-8,18H2,1-3H3,(H2,19,20). The molecule has 0 aliphatic carbocycles. The number of nitrogens with zero attached hydrogens (tertiary/aromatic N) is 3. The van der Waals surface area contributed by atoms with Crippen LogP contribution in [0.4, 0.5) is 26.4 Å². The van der Waals surface area contributed by atoms with Crippen molar-refractivity contribution in [3.8, 4) is 0 Å². The summed E-state index contributed by atoms with van der Waals surface area (Å²) in [7, 11) is 0. The lowest BCUT2D eigenvalue weighted by atomic mass is 10.1. The molecule has 8 heteroatoms. The maximum absolute atomic E-state index is 14.2. The van der Waals surface area contributed by atoms with Crippen LogP contribution in [0.3, 0.4) is 0 Å². The topological polar surface area (TPSA) is 97.7 Å². The van der Waals surface area contributed by atoms with Gasteiger partial charge in [-0.2, -0.15) is 0 Å². The zero-order valence-electron chi connectivity index (χ0n) is 14.3. The molecule has 2 atom stereocenters. The molecule has 1 aromatic heterocycles. The van der Waals surface area contributed by atoms with Gasteiger partial charge < -0.3 is 21.1 Å². The van der Waals surface area contributed by atoms with Crippen LogP contribution in [0.5, 0.6) is 0 Å². The van der Waals surface area contributed by atoms with Crippen molar-refractivity contribution in [2.24, 2.45) is 0 Å². The Kier molecular flexibility index (Phi) is 3.93. The summed E-state index contributed by atoms with van der Waals surface area (Å²) < 4.78 is 19.7. The summed E-state index contributed by atoms with van der Waals surface area (Å²) >= 11 is 0. The number of anilines is 3. The predicted molar refractivity (Wildman–Crippen MR) is 90.1 cm³/mol. The van der Waals surface area contributed by atoms with Gasteiger partial charge in [0, 0.05) is 13.1 Å². The summed E-state index contributed by atoms with van der Waals surface area (Å²) in [6, 6.07) is -0.0430. The molecule has 0 saturated carbocycles. The van der Waals surface area contributed by atoms with Crippen LogP contribution in [0, 0.1) is 5.82 Å². The van der Waals surface area contributed by atoms with E-state index in [4.69, 9.17) is 16.2 Å². The van der Waals surface area contributed by atoms with E-state index in [0.717, 1.165) is 19.0 Å². The van der Waals surface area contributed by atoms with Gasteiger partial charge in [0.15, 0.2) is 5.82 Å². The monoisotopic (exact) mass is 337 g/mol. The molecule has 2 saturated heterocycles. The zero-order valence-corrected chi connectivity index (χ0v) is 14.3. The number of ether oxygens (including phenoxy) is 1. The molecule has 2 fully saturated rings. The Morgan fingerprint density at radius 1 is 1.29 bits per heavy atom. The van der Waals surface area contributed by atoms with E-state index < -0.39 is 11.4 Å². The molecule has 1 amide bonds. The van der Waals surface area contributed by atoms with E-state index in [1.165, 1.54) is 0 Å². The fraction of sp³-hybridized carbons (Fsp3) is 0.625. The minimum atomic E-state index is -0.538. The van der Waals surface area contributed by atoms with Crippen LogP contribution >= 0.6 is 0 Å². The first-order chi connectivity index (χ1) is 11.2. The molecular weight excluding hydrogens is 313 g/mol. The molecule has 2 unspecified atom stereocenters. The summed E-state index contributed by atoms with van der Waals surface area (Å²) in [6.07, 6.45) is 2.51. The number of carbonyl (C=O) groups is 1. The third kappa shape index (κ3) is 2.92. The van der Waals surface area contributed by atoms with Gasteiger partial charge in [-0.15, -0.1) is 0 Å². The molecule has 3 rings (SSSR count). The summed E-state index contributed by atoms with van der Waals surface area (Å²) in [6.45, 7) is 6.54. The zero-order chi connectivity index (χ0) is 17.6. The summed E-state index contributed by atoms with van der Waals surface area (Å²) in [5, 5.41) is 0. The molecule has 3 heterocycles. The van der Waals surface area contributed by atoms with Crippen LogP contribution in [0.1, 0.15) is 33.6 Å². The second-order valence-corrected chi connectivity index (χ2v) is 7.43. The summed E-state index contributed by atoms with van der Waals surface area (Å²) in [5.74, 6) is -0.375. The Hall–Kier alpha value is -2.25. The van der Waals surface area contributed by atoms with Gasteiger partial charge in [0.1, 0.15) is 22.8 Å². The Bertz CT molecular complexity index is 647. The van der Waals surface area contributed by atoms with Crippen molar-refractivity contribution >= 4 is 23.3 Å². The molecule has 132 valence electrons. The van der Waals surface area contributed by atoms with Gasteiger partial charge in [0.2, 0.25) is 0 Å². The average Bonchev–Trinajstić information content (AvgIpc) is 2.73. The fourth-order valence-corrected chi connectivity index (χ4v) is 3.53. The van der Waals surface area contributed by atoms with E-state index >= 15 is 0 Å². The Morgan fingerprint density at radius 3 is 2.42 bits per heavy atom. The number of aromatic nitrogens is 1. The summed E-state index contributed by atoms with van der Waals surface area (Å²) in [4.78, 5) is 19.9. The van der Waals surface area contributed by atoms with Gasteiger partial charge in [0.05, 0.1) is 18.3 Å². The van der Waals surface area contributed by atoms with E-state index in [-0.39, 0.29) is 35.4 Å². The normalized spacial score (nSPS) is 23.5. The largest absolute Gasteiger partial charge is 0.444 e. The van der Waals surface area contributed by atoms with Gasteiger partial charge in [-0.1, -0.05) is 0 Å². The smallest absolute Gasteiger partial charge is 0.410 e. The quantitative estimate of drug-likeness (QED) is 0.813. The number of fused-ring (bicyclic) bond motifs is 2. The molecule has 1 aromatic rings. The van der Waals surface area contributed by atoms with E-state index in [9.17, 15) is 9.18 Å². The van der Waals surface area contributed by atoms with Crippen molar-refractivity contribution in [2.45, 2.75) is 51.3 Å². The molecule has 2 aliphatic heterocycles. The van der Waals surface area contributed by atoms with Gasteiger partial charge in [0.25, 0.3) is 0 Å². The van der Waals surface area contributed by atoms with Crippen molar-refractivity contribution < 1.29 is 13.9 Å². The van der Waals surface area contributed by atoms with Gasteiger partial charge in [-0.3, -0.25) is 4.90 Å². The molecule has 0 spiro atoms. The number of hydrogen-bond acceptors (Lipinski definition) is 6. The third-order valence-corrected chi connectivity index (χ3v) is 4.48. The van der Waals surface area contributed by atoms with Crippen LogP contribution in [-0.4, -0.2) is 46.8 Å². The maximum atomic E-state index is 14.2. The van der Waals surface area contributed by atoms with Crippen molar-refractivity contribution in [2.75, 3.05) is 29.5 Å². The van der Waals surface area contributed by atoms with Crippen molar-refractivity contribution in [3.63, 3.8) is 0 Å². The molecule has 2 aliphatic rings. The molecule has 24 heavy (non-hydrogen) atoms. The fourth-order valence-electron chi connectivity index (χ4n) is 3.53. The molecule has 7 nitrogen and oxygen atoms in total. The molecule has 0 radical (unpaired) electrons. The second kappa shape index (κ2) is 5.68. The van der Waals surface area contributed by atoms with Crippen molar-refractivity contribution in [3.05, 3.63) is 12.0 Å². The van der Waals surface area contributed by atoms with Crippen molar-refractivity contribution in [1.82, 2.24) is 9.88 Å². The molecule has 0 aromatic carbocycles. The van der Waals surface area contributed by atoms with Crippen molar-refractivity contribution in [1.29, 1.82) is 0 Å². The number of carbonyl (C=O) groups excluding carboxylic acids is 1. The SMILES string of the molecule is CC(C)(C)OC(=O)N1C2CCC1CN(c1c(F)cnc(N)c1N)C2. The van der Waals surface area contributed by atoms with E-state index in [0.29, 0.717) is 13.1 Å². The van der Waals surface area contributed by atoms with E-state index in [2.05, 4.69) is 4.98 Å². The number of nitrogens with two attached hydrogens (primary N) is 2. The van der Waals surface area contributed by atoms with E-state index in [1.54, 1.807) is 4.90 Å². The number of halogens is 1. The van der Waals surface area contributed by atoms with Crippen LogP contribution in [-0.2, 0) is 4.74 Å². The number of nitrogen functional groups attached to an aromatic ring is 2. The lowest BCUT2D eigenvalue weighted by Gasteiger charge is -2.42. The average molecular weight is 337 g/mol. The first-order valence-electron chi connectivity index (χ1n) is 8.13. The Morgan fingerprint density at radius 2 is 1.88 bits per heavy atom. The highest BCUT2D eigenvalue weighted by Crippen LogP contribution is 2.37. The van der Waals surface area contributed by atoms with Crippen LogP contribution in [0.2, 0.25) is 0 Å². The Balaban J connectivity index is 1.81. The molecular formula is C16H24FN5O2. The number of piperazine rings is 1. The maximum Gasteiger partial charge on any atom is 0.410 e. The van der Waals surface area contributed by atoms with Crippen LogP contribution in [0.15, 0.2) is 6.20 Å². The summed E-state index contributed by atoms with van der Waals surface area (Å²) in [5.41, 5.74) is 11.5. The van der Waals surface area contributed by atoms with Gasteiger partial charge >= 0.3 is 6.09 Å². The van der Waals surface area contributed by atoms with Crippen LogP contribution < -0.4 is 16.4 Å². The lowest BCUT2D eigenvalue weighted by molar-refractivity contribution is 0.0123. The number of rotatable bonds is 1. The highest BCUT2D eigenvalue weighted by molar-refractivity contribution is 5.78. The lowest BCUT2D eigenvalue weighted by Crippen LogP contribution is -2.57. The van der Waals surface area contributed by atoms with Gasteiger partial charge in [-0.05, 0) is 33.6 Å². The van der Waals surface area contributed by atoms with Crippen LogP contribution in [0.25, 0.3) is 0 Å². The predicted octanol–water partition coefficient (Wildman–Crippen LogP) is 1.97. The number of pyridine rings is 1. The minimum absolute atomic E-state index is 0.0215. The molecule has 4 N–H and O–H groups in total. The minimum Gasteiger partial charge on any atom is -0.444 e. The van der Waals surface area contributed by atoms with E-state index in [1.807, 2.05) is 25.7 Å². The molecule has 2 bridgehead atoms. The first kappa shape index (κ1) is 16.6. The third-order valence-electron chi connectivity index (χ3n) is 4.48.